The van der Waals surface area contributed by atoms with Crippen LogP contribution in [0.5, 0.6) is 0 Å². The Kier molecular flexibility index (Phi) is 5.25. The molecule has 0 aliphatic heterocycles. The summed E-state index contributed by atoms with van der Waals surface area (Å²) in [6.07, 6.45) is 2.04. The molecule has 0 fully saturated rings. The van der Waals surface area contributed by atoms with E-state index in [-0.39, 0.29) is 6.15 Å². The lowest BCUT2D eigenvalue weighted by Gasteiger charge is -1.87. The van der Waals surface area contributed by atoms with E-state index in [1.807, 2.05) is 19.1 Å². The predicted molar refractivity (Wildman–Crippen MR) is 41.7 cm³/mol. The van der Waals surface area contributed by atoms with E-state index in [0.717, 1.165) is 10.2 Å². The zero-order chi connectivity index (χ0) is 8.69. The SMILES string of the molecule is Cc1ccc(Br)cn1.O=C=O. The molecule has 0 aliphatic carbocycles. The first-order valence-corrected chi connectivity index (χ1v) is 3.57. The Morgan fingerprint density at radius 3 is 2.27 bits per heavy atom. The lowest BCUT2D eigenvalue weighted by molar-refractivity contribution is -0.191. The van der Waals surface area contributed by atoms with Gasteiger partial charge in [-0.15, -0.1) is 0 Å². The van der Waals surface area contributed by atoms with Gasteiger partial charge in [0, 0.05) is 16.4 Å². The van der Waals surface area contributed by atoms with Gasteiger partial charge in [0.05, 0.1) is 0 Å². The topological polar surface area (TPSA) is 47.0 Å². The molecule has 0 radical (unpaired) electrons. The Bertz CT molecular complexity index is 218. The molecule has 0 aliphatic rings. The van der Waals surface area contributed by atoms with Crippen molar-refractivity contribution in [1.82, 2.24) is 4.98 Å². The van der Waals surface area contributed by atoms with Crippen LogP contribution >= 0.6 is 15.9 Å². The summed E-state index contributed by atoms with van der Waals surface area (Å²) in [5, 5.41) is 0. The van der Waals surface area contributed by atoms with Crippen LogP contribution in [0.15, 0.2) is 22.8 Å². The molecule has 1 aromatic rings. The fourth-order valence-electron chi connectivity index (χ4n) is 0.450. The van der Waals surface area contributed by atoms with Crippen LogP contribution in [0.4, 0.5) is 0 Å². The van der Waals surface area contributed by atoms with Gasteiger partial charge < -0.3 is 0 Å². The molecule has 1 heterocycles. The van der Waals surface area contributed by atoms with E-state index in [4.69, 9.17) is 9.59 Å². The molecule has 0 saturated carbocycles. The zero-order valence-corrected chi connectivity index (χ0v) is 7.46. The van der Waals surface area contributed by atoms with Crippen molar-refractivity contribution >= 4 is 22.1 Å². The quantitative estimate of drug-likeness (QED) is 0.661. The van der Waals surface area contributed by atoms with Gasteiger partial charge in [0.2, 0.25) is 0 Å². The number of halogens is 1. The van der Waals surface area contributed by atoms with Gasteiger partial charge >= 0.3 is 6.15 Å². The molecule has 3 nitrogen and oxygen atoms in total. The summed E-state index contributed by atoms with van der Waals surface area (Å²) >= 11 is 3.28. The van der Waals surface area contributed by atoms with Crippen molar-refractivity contribution in [1.29, 1.82) is 0 Å². The fourth-order valence-corrected chi connectivity index (χ4v) is 0.684. The van der Waals surface area contributed by atoms with Crippen molar-refractivity contribution in [3.05, 3.63) is 28.5 Å². The molecule has 1 rings (SSSR count). The molecule has 0 amide bonds. The van der Waals surface area contributed by atoms with Crippen molar-refractivity contribution in [3.63, 3.8) is 0 Å². The maximum atomic E-state index is 8.12. The maximum absolute atomic E-state index is 8.12. The Morgan fingerprint density at radius 1 is 1.45 bits per heavy atom. The van der Waals surface area contributed by atoms with Gasteiger partial charge in [-0.25, -0.2) is 0 Å². The molecule has 0 saturated heterocycles. The Morgan fingerprint density at radius 2 is 2.00 bits per heavy atom. The third-order valence-electron chi connectivity index (χ3n) is 0.875. The molecule has 1 aromatic heterocycles. The van der Waals surface area contributed by atoms with E-state index < -0.39 is 0 Å². The zero-order valence-electron chi connectivity index (χ0n) is 5.87. The van der Waals surface area contributed by atoms with Gasteiger partial charge in [0.1, 0.15) is 0 Å². The molecule has 4 heteroatoms. The molecule has 0 aromatic carbocycles. The minimum absolute atomic E-state index is 0.250. The molecule has 58 valence electrons. The van der Waals surface area contributed by atoms with Crippen LogP contribution in [-0.2, 0) is 9.59 Å². The number of aryl methyl sites for hydroxylation is 1. The highest BCUT2D eigenvalue weighted by Gasteiger charge is 1.82. The predicted octanol–water partition coefficient (Wildman–Crippen LogP) is 1.57. The minimum atomic E-state index is 0.250. The standard InChI is InChI=1S/C6H6BrN.CO2/c1-5-2-3-6(7)4-8-5;2-1-3/h2-4H,1H3;. The molecule has 0 atom stereocenters. The number of pyridine rings is 1. The summed E-state index contributed by atoms with van der Waals surface area (Å²) in [5.74, 6) is 0. The van der Waals surface area contributed by atoms with E-state index in [2.05, 4.69) is 20.9 Å². The van der Waals surface area contributed by atoms with Gasteiger partial charge in [-0.3, -0.25) is 4.98 Å². The number of nitrogens with zero attached hydrogens (tertiary/aromatic N) is 1. The average molecular weight is 216 g/mol. The van der Waals surface area contributed by atoms with Crippen molar-refractivity contribution in [2.75, 3.05) is 0 Å². The number of rotatable bonds is 0. The molecule has 0 unspecified atom stereocenters. The third-order valence-corrected chi connectivity index (χ3v) is 1.34. The summed E-state index contributed by atoms with van der Waals surface area (Å²) in [7, 11) is 0. The van der Waals surface area contributed by atoms with Crippen LogP contribution in [0, 0.1) is 6.92 Å². The number of aromatic nitrogens is 1. The molecular formula is C7H6BrNO2. The first kappa shape index (κ1) is 10.0. The van der Waals surface area contributed by atoms with E-state index >= 15 is 0 Å². The van der Waals surface area contributed by atoms with Gasteiger partial charge in [-0.05, 0) is 35.0 Å². The van der Waals surface area contributed by atoms with E-state index in [1.165, 1.54) is 0 Å². The number of hydrogen-bond donors (Lipinski definition) is 0. The van der Waals surface area contributed by atoms with E-state index in [9.17, 15) is 0 Å². The van der Waals surface area contributed by atoms with Crippen LogP contribution in [0.25, 0.3) is 0 Å². The lowest BCUT2D eigenvalue weighted by atomic mass is 10.4. The normalized spacial score (nSPS) is 7.45. The van der Waals surface area contributed by atoms with Crippen LogP contribution in [0.3, 0.4) is 0 Å². The highest BCUT2D eigenvalue weighted by atomic mass is 79.9. The fraction of sp³-hybridized carbons (Fsp3) is 0.143. The number of carbonyl (C=O) groups excluding carboxylic acids is 2. The van der Waals surface area contributed by atoms with Crippen molar-refractivity contribution < 1.29 is 9.59 Å². The van der Waals surface area contributed by atoms with Gasteiger partial charge in [0.25, 0.3) is 0 Å². The first-order chi connectivity index (χ1) is 5.20. The first-order valence-electron chi connectivity index (χ1n) is 2.78. The van der Waals surface area contributed by atoms with Crippen LogP contribution in [-0.4, -0.2) is 11.1 Å². The lowest BCUT2D eigenvalue weighted by Crippen LogP contribution is -1.75. The number of hydrogen-bond acceptors (Lipinski definition) is 3. The molecule has 0 N–H and O–H groups in total. The summed E-state index contributed by atoms with van der Waals surface area (Å²) in [4.78, 5) is 20.3. The highest BCUT2D eigenvalue weighted by molar-refractivity contribution is 9.10. The Balaban J connectivity index is 0.000000292. The summed E-state index contributed by atoms with van der Waals surface area (Å²) in [5.41, 5.74) is 1.05. The summed E-state index contributed by atoms with van der Waals surface area (Å²) in [6.45, 7) is 1.96. The van der Waals surface area contributed by atoms with Gasteiger partial charge in [0.15, 0.2) is 0 Å². The van der Waals surface area contributed by atoms with E-state index in [1.54, 1.807) is 6.20 Å². The molecule has 0 bridgehead atoms. The monoisotopic (exact) mass is 215 g/mol. The van der Waals surface area contributed by atoms with Crippen LogP contribution in [0.1, 0.15) is 5.69 Å². The van der Waals surface area contributed by atoms with E-state index in [0.29, 0.717) is 0 Å². The summed E-state index contributed by atoms with van der Waals surface area (Å²) < 4.78 is 1.03. The molecule has 11 heavy (non-hydrogen) atoms. The van der Waals surface area contributed by atoms with Gasteiger partial charge in [-0.1, -0.05) is 0 Å². The minimum Gasteiger partial charge on any atom is -0.260 e. The van der Waals surface area contributed by atoms with Crippen LogP contribution < -0.4 is 0 Å². The summed E-state index contributed by atoms with van der Waals surface area (Å²) in [6, 6.07) is 3.94. The average Bonchev–Trinajstić information content (AvgIpc) is 1.97. The Labute approximate surface area is 72.6 Å². The van der Waals surface area contributed by atoms with Crippen molar-refractivity contribution in [2.45, 2.75) is 6.92 Å². The maximum Gasteiger partial charge on any atom is 0.373 e. The molecular weight excluding hydrogens is 210 g/mol. The molecule has 0 spiro atoms. The Hall–Kier alpha value is -0.990. The second-order valence-corrected chi connectivity index (χ2v) is 2.62. The highest BCUT2D eigenvalue weighted by Crippen LogP contribution is 2.05. The van der Waals surface area contributed by atoms with Crippen LogP contribution in [0.2, 0.25) is 0 Å². The van der Waals surface area contributed by atoms with Gasteiger partial charge in [-0.2, -0.15) is 9.59 Å². The second kappa shape index (κ2) is 5.77. The second-order valence-electron chi connectivity index (χ2n) is 1.70. The van der Waals surface area contributed by atoms with Crippen molar-refractivity contribution in [2.24, 2.45) is 0 Å². The largest absolute Gasteiger partial charge is 0.373 e. The van der Waals surface area contributed by atoms with Crippen molar-refractivity contribution in [3.8, 4) is 0 Å². The third kappa shape index (κ3) is 5.45. The smallest absolute Gasteiger partial charge is 0.260 e.